The van der Waals surface area contributed by atoms with Crippen LogP contribution in [-0.4, -0.2) is 23.0 Å². The van der Waals surface area contributed by atoms with Crippen molar-refractivity contribution in [2.45, 2.75) is 39.2 Å². The molecule has 0 aliphatic rings. The number of hydrogen-bond acceptors (Lipinski definition) is 3. The van der Waals surface area contributed by atoms with Crippen molar-refractivity contribution in [2.24, 2.45) is 5.73 Å². The van der Waals surface area contributed by atoms with Crippen LogP contribution in [0.5, 0.6) is 0 Å². The van der Waals surface area contributed by atoms with Gasteiger partial charge >= 0.3 is 0 Å². The Morgan fingerprint density at radius 1 is 1.41 bits per heavy atom. The van der Waals surface area contributed by atoms with Gasteiger partial charge in [0.05, 0.1) is 5.56 Å². The number of hydrogen-bond donors (Lipinski definition) is 2. The number of nitrogens with zero attached hydrogens (tertiary/aromatic N) is 1. The number of carbonyl (C=O) groups excluding carboxylic acids is 1. The summed E-state index contributed by atoms with van der Waals surface area (Å²) in [5, 5.41) is 2.86. The van der Waals surface area contributed by atoms with E-state index >= 15 is 0 Å². The second-order valence-electron chi connectivity index (χ2n) is 4.44. The molecule has 3 N–H and O–H groups in total. The Labute approximate surface area is 103 Å². The van der Waals surface area contributed by atoms with Crippen molar-refractivity contribution in [3.05, 3.63) is 29.6 Å². The van der Waals surface area contributed by atoms with E-state index in [1.54, 1.807) is 12.3 Å². The minimum absolute atomic E-state index is 0.116. The minimum Gasteiger partial charge on any atom is -0.350 e. The second-order valence-corrected chi connectivity index (χ2v) is 4.44. The van der Waals surface area contributed by atoms with Gasteiger partial charge in [0.1, 0.15) is 0 Å². The quantitative estimate of drug-likeness (QED) is 0.815. The lowest BCUT2D eigenvalue weighted by atomic mass is 9.94. The SMILES string of the molecule is CCC(N)(CC)CNC(=O)c1ccc(C)nc1. The molecule has 0 unspecified atom stereocenters. The van der Waals surface area contributed by atoms with Gasteiger partial charge < -0.3 is 11.1 Å². The summed E-state index contributed by atoms with van der Waals surface area (Å²) in [6.45, 7) is 6.44. The van der Waals surface area contributed by atoms with E-state index in [0.717, 1.165) is 18.5 Å². The normalized spacial score (nSPS) is 11.3. The third-order valence-corrected chi connectivity index (χ3v) is 3.18. The fourth-order valence-electron chi connectivity index (χ4n) is 1.46. The van der Waals surface area contributed by atoms with Crippen LogP contribution in [-0.2, 0) is 0 Å². The Morgan fingerprint density at radius 2 is 2.06 bits per heavy atom. The molecule has 1 amide bonds. The van der Waals surface area contributed by atoms with Gasteiger partial charge in [-0.1, -0.05) is 13.8 Å². The molecule has 4 heteroatoms. The highest BCUT2D eigenvalue weighted by Crippen LogP contribution is 2.09. The molecule has 1 aromatic heterocycles. The molecule has 0 spiro atoms. The molecule has 1 rings (SSSR count). The first-order valence-electron chi connectivity index (χ1n) is 6.00. The van der Waals surface area contributed by atoms with Crippen molar-refractivity contribution < 1.29 is 4.79 Å². The summed E-state index contributed by atoms with van der Waals surface area (Å²) in [7, 11) is 0. The molecule has 0 bridgehead atoms. The highest BCUT2D eigenvalue weighted by atomic mass is 16.1. The minimum atomic E-state index is -0.312. The Kier molecular flexibility index (Phi) is 4.63. The number of rotatable bonds is 5. The van der Waals surface area contributed by atoms with Crippen LogP contribution in [0.25, 0.3) is 0 Å². The maximum atomic E-state index is 11.8. The van der Waals surface area contributed by atoms with E-state index in [1.807, 2.05) is 26.8 Å². The van der Waals surface area contributed by atoms with Crippen molar-refractivity contribution >= 4 is 5.91 Å². The largest absolute Gasteiger partial charge is 0.350 e. The first-order chi connectivity index (χ1) is 8.00. The molecular formula is C13H21N3O. The second kappa shape index (κ2) is 5.77. The topological polar surface area (TPSA) is 68.0 Å². The number of nitrogens with one attached hydrogen (secondary N) is 1. The monoisotopic (exact) mass is 235 g/mol. The molecule has 0 saturated heterocycles. The molecule has 0 saturated carbocycles. The Morgan fingerprint density at radius 3 is 2.53 bits per heavy atom. The van der Waals surface area contributed by atoms with Gasteiger partial charge in [0.25, 0.3) is 5.91 Å². The zero-order valence-corrected chi connectivity index (χ0v) is 10.8. The van der Waals surface area contributed by atoms with Gasteiger partial charge in [-0.05, 0) is 31.9 Å². The third-order valence-electron chi connectivity index (χ3n) is 3.18. The Hall–Kier alpha value is -1.42. The number of aromatic nitrogens is 1. The number of nitrogens with two attached hydrogens (primary N) is 1. The van der Waals surface area contributed by atoms with E-state index in [2.05, 4.69) is 10.3 Å². The molecular weight excluding hydrogens is 214 g/mol. The van der Waals surface area contributed by atoms with Crippen LogP contribution in [0.3, 0.4) is 0 Å². The first kappa shape index (κ1) is 13.6. The van der Waals surface area contributed by atoms with E-state index < -0.39 is 0 Å². The molecule has 94 valence electrons. The van der Waals surface area contributed by atoms with Crippen molar-refractivity contribution in [3.8, 4) is 0 Å². The predicted molar refractivity (Wildman–Crippen MR) is 68.8 cm³/mol. The summed E-state index contributed by atoms with van der Waals surface area (Å²) < 4.78 is 0. The molecule has 17 heavy (non-hydrogen) atoms. The van der Waals surface area contributed by atoms with Gasteiger partial charge in [0, 0.05) is 24.0 Å². The molecule has 0 radical (unpaired) electrons. The van der Waals surface area contributed by atoms with Crippen molar-refractivity contribution in [1.29, 1.82) is 0 Å². The first-order valence-corrected chi connectivity index (χ1v) is 6.00. The number of carbonyl (C=O) groups is 1. The average Bonchev–Trinajstić information content (AvgIpc) is 2.36. The van der Waals surface area contributed by atoms with Crippen molar-refractivity contribution in [3.63, 3.8) is 0 Å². The lowest BCUT2D eigenvalue weighted by Gasteiger charge is -2.26. The van der Waals surface area contributed by atoms with Gasteiger partial charge in [-0.2, -0.15) is 0 Å². The van der Waals surface area contributed by atoms with Gasteiger partial charge in [0.2, 0.25) is 0 Å². The van der Waals surface area contributed by atoms with Gasteiger partial charge in [-0.15, -0.1) is 0 Å². The van der Waals surface area contributed by atoms with Gasteiger partial charge in [-0.3, -0.25) is 9.78 Å². The lowest BCUT2D eigenvalue weighted by Crippen LogP contribution is -2.49. The Bertz CT molecular complexity index is 369. The molecule has 0 aliphatic heterocycles. The van der Waals surface area contributed by atoms with Crippen molar-refractivity contribution in [1.82, 2.24) is 10.3 Å². The molecule has 1 heterocycles. The van der Waals surface area contributed by atoms with Crippen LogP contribution in [0, 0.1) is 6.92 Å². The fourth-order valence-corrected chi connectivity index (χ4v) is 1.46. The van der Waals surface area contributed by atoms with E-state index in [0.29, 0.717) is 12.1 Å². The van der Waals surface area contributed by atoms with Crippen LogP contribution in [0.4, 0.5) is 0 Å². The van der Waals surface area contributed by atoms with E-state index in [4.69, 9.17) is 5.73 Å². The Balaban J connectivity index is 2.58. The summed E-state index contributed by atoms with van der Waals surface area (Å²) in [4.78, 5) is 15.9. The van der Waals surface area contributed by atoms with E-state index in [-0.39, 0.29) is 11.4 Å². The summed E-state index contributed by atoms with van der Waals surface area (Å²) in [6, 6.07) is 3.60. The lowest BCUT2D eigenvalue weighted by molar-refractivity contribution is 0.0942. The maximum Gasteiger partial charge on any atom is 0.252 e. The highest BCUT2D eigenvalue weighted by Gasteiger charge is 2.21. The zero-order valence-electron chi connectivity index (χ0n) is 10.8. The zero-order chi connectivity index (χ0) is 12.9. The van der Waals surface area contributed by atoms with Crippen LogP contribution >= 0.6 is 0 Å². The molecule has 1 aromatic rings. The van der Waals surface area contributed by atoms with Gasteiger partial charge in [0.15, 0.2) is 0 Å². The summed E-state index contributed by atoms with van der Waals surface area (Å²) in [5.74, 6) is -0.116. The average molecular weight is 235 g/mol. The number of amides is 1. The van der Waals surface area contributed by atoms with Crippen LogP contribution in [0.2, 0.25) is 0 Å². The molecule has 0 aromatic carbocycles. The highest BCUT2D eigenvalue weighted by molar-refractivity contribution is 5.93. The van der Waals surface area contributed by atoms with E-state index in [9.17, 15) is 4.79 Å². The molecule has 0 aliphatic carbocycles. The third kappa shape index (κ3) is 3.82. The standard InChI is InChI=1S/C13H21N3O/c1-4-13(14,5-2)9-16-12(17)11-7-6-10(3)15-8-11/h6-8H,4-5,9,14H2,1-3H3,(H,16,17). The summed E-state index contributed by atoms with van der Waals surface area (Å²) >= 11 is 0. The summed E-state index contributed by atoms with van der Waals surface area (Å²) in [6.07, 6.45) is 3.27. The molecule has 4 nitrogen and oxygen atoms in total. The van der Waals surface area contributed by atoms with Crippen LogP contribution in [0.15, 0.2) is 18.3 Å². The maximum absolute atomic E-state index is 11.8. The smallest absolute Gasteiger partial charge is 0.252 e. The van der Waals surface area contributed by atoms with Gasteiger partial charge in [-0.25, -0.2) is 0 Å². The number of aryl methyl sites for hydroxylation is 1. The fraction of sp³-hybridized carbons (Fsp3) is 0.538. The van der Waals surface area contributed by atoms with E-state index in [1.165, 1.54) is 0 Å². The predicted octanol–water partition coefficient (Wildman–Crippen LogP) is 1.64. The molecule has 0 fully saturated rings. The van der Waals surface area contributed by atoms with Crippen molar-refractivity contribution in [2.75, 3.05) is 6.54 Å². The molecule has 0 atom stereocenters. The summed E-state index contributed by atoms with van der Waals surface area (Å²) in [5.41, 5.74) is 7.28. The van der Waals surface area contributed by atoms with Crippen LogP contribution in [0.1, 0.15) is 42.7 Å². The van der Waals surface area contributed by atoms with Crippen LogP contribution < -0.4 is 11.1 Å². The number of pyridine rings is 1.